The smallest absolute Gasteiger partial charge is 0.191 e. The monoisotopic (exact) mass is 334 g/mol. The largest absolute Gasteiger partial charge is 0.417 e. The third kappa shape index (κ3) is 6.95. The summed E-state index contributed by atoms with van der Waals surface area (Å²) in [7, 11) is -2.94. The van der Waals surface area contributed by atoms with Crippen molar-refractivity contribution in [3.8, 4) is 0 Å². The van der Waals surface area contributed by atoms with E-state index >= 15 is 0 Å². The summed E-state index contributed by atoms with van der Waals surface area (Å²) >= 11 is 0. The maximum atomic E-state index is 9.84. The van der Waals surface area contributed by atoms with Crippen molar-refractivity contribution < 1.29 is 14.0 Å². The SMILES string of the molecule is C[SiH](C)OC(C(CO)CO[Si](C)(C)C(C)(C)C)C(C)(C)C. The summed E-state index contributed by atoms with van der Waals surface area (Å²) in [6.07, 6.45) is 0.0546. The van der Waals surface area contributed by atoms with Crippen molar-refractivity contribution in [2.45, 2.75) is 78.9 Å². The second kappa shape index (κ2) is 7.73. The summed E-state index contributed by atoms with van der Waals surface area (Å²) in [4.78, 5) is 0. The predicted molar refractivity (Wildman–Crippen MR) is 96.9 cm³/mol. The molecule has 5 heteroatoms. The molecule has 0 heterocycles. The summed E-state index contributed by atoms with van der Waals surface area (Å²) in [5.74, 6) is 0.0500. The Bertz CT molecular complexity index is 304. The lowest BCUT2D eigenvalue weighted by molar-refractivity contribution is -0.0129. The van der Waals surface area contributed by atoms with Gasteiger partial charge in [0.05, 0.1) is 12.7 Å². The topological polar surface area (TPSA) is 38.7 Å². The van der Waals surface area contributed by atoms with Crippen LogP contribution in [0.2, 0.25) is 31.2 Å². The van der Waals surface area contributed by atoms with E-state index in [4.69, 9.17) is 8.85 Å². The van der Waals surface area contributed by atoms with Crippen molar-refractivity contribution in [1.82, 2.24) is 0 Å². The molecule has 21 heavy (non-hydrogen) atoms. The molecule has 3 nitrogen and oxygen atoms in total. The average Bonchev–Trinajstić information content (AvgIpc) is 2.24. The Kier molecular flexibility index (Phi) is 7.84. The van der Waals surface area contributed by atoms with Gasteiger partial charge in [0.15, 0.2) is 17.4 Å². The van der Waals surface area contributed by atoms with Crippen molar-refractivity contribution in [2.24, 2.45) is 11.3 Å². The number of hydrogen-bond donors (Lipinski definition) is 1. The number of aliphatic hydroxyl groups excluding tert-OH is 1. The fourth-order valence-electron chi connectivity index (χ4n) is 2.08. The van der Waals surface area contributed by atoms with E-state index in [9.17, 15) is 5.11 Å². The molecule has 0 rings (SSSR count). The van der Waals surface area contributed by atoms with Crippen LogP contribution in [0.5, 0.6) is 0 Å². The number of rotatable bonds is 7. The Morgan fingerprint density at radius 1 is 1.05 bits per heavy atom. The molecule has 0 spiro atoms. The Labute approximate surface area is 135 Å². The highest BCUT2D eigenvalue weighted by molar-refractivity contribution is 6.74. The maximum Gasteiger partial charge on any atom is 0.191 e. The zero-order valence-corrected chi connectivity index (χ0v) is 18.1. The normalized spacial score (nSPS) is 17.1. The second-order valence-electron chi connectivity index (χ2n) is 8.99. The molecule has 0 aliphatic heterocycles. The highest BCUT2D eigenvalue weighted by atomic mass is 28.4. The van der Waals surface area contributed by atoms with Crippen LogP contribution in [0, 0.1) is 11.3 Å². The molecule has 1 N–H and O–H groups in total. The third-order valence-corrected chi connectivity index (χ3v) is 9.74. The van der Waals surface area contributed by atoms with Crippen molar-refractivity contribution >= 4 is 17.4 Å². The van der Waals surface area contributed by atoms with Crippen LogP contribution in [0.15, 0.2) is 0 Å². The Balaban J connectivity index is 4.96. The van der Waals surface area contributed by atoms with Gasteiger partial charge >= 0.3 is 0 Å². The van der Waals surface area contributed by atoms with E-state index in [1.807, 2.05) is 0 Å². The van der Waals surface area contributed by atoms with Gasteiger partial charge in [0.25, 0.3) is 0 Å². The van der Waals surface area contributed by atoms with E-state index in [2.05, 4.69) is 67.7 Å². The summed E-state index contributed by atoms with van der Waals surface area (Å²) in [6, 6.07) is 0. The van der Waals surface area contributed by atoms with Gasteiger partial charge in [0.1, 0.15) is 0 Å². The molecule has 0 aliphatic rings. The molecule has 0 aliphatic carbocycles. The molecule has 0 saturated heterocycles. The Morgan fingerprint density at radius 2 is 1.52 bits per heavy atom. The van der Waals surface area contributed by atoms with E-state index < -0.39 is 17.4 Å². The van der Waals surface area contributed by atoms with Gasteiger partial charge in [-0.3, -0.25) is 0 Å². The zero-order valence-electron chi connectivity index (χ0n) is 15.9. The van der Waals surface area contributed by atoms with Crippen LogP contribution in [0.3, 0.4) is 0 Å². The minimum atomic E-state index is -1.78. The maximum absolute atomic E-state index is 9.84. The highest BCUT2D eigenvalue weighted by Crippen LogP contribution is 2.37. The summed E-state index contributed by atoms with van der Waals surface area (Å²) < 4.78 is 12.6. The summed E-state index contributed by atoms with van der Waals surface area (Å²) in [5.41, 5.74) is 0.0153. The van der Waals surface area contributed by atoms with Gasteiger partial charge in [0, 0.05) is 12.5 Å². The molecule has 2 unspecified atom stereocenters. The van der Waals surface area contributed by atoms with E-state index in [1.165, 1.54) is 0 Å². The molecule has 0 amide bonds. The van der Waals surface area contributed by atoms with Gasteiger partial charge in [-0.2, -0.15) is 0 Å². The van der Waals surface area contributed by atoms with Crippen molar-refractivity contribution in [2.75, 3.05) is 13.2 Å². The summed E-state index contributed by atoms with van der Waals surface area (Å²) in [6.45, 7) is 22.9. The second-order valence-corrected chi connectivity index (χ2v) is 16.2. The van der Waals surface area contributed by atoms with Crippen LogP contribution in [0.4, 0.5) is 0 Å². The molecule has 0 saturated carbocycles. The van der Waals surface area contributed by atoms with E-state index in [0.29, 0.717) is 6.61 Å². The van der Waals surface area contributed by atoms with Crippen LogP contribution in [-0.2, 0) is 8.85 Å². The molecule has 0 aromatic heterocycles. The lowest BCUT2D eigenvalue weighted by atomic mass is 9.82. The molecular formula is C16H38O3Si2. The lowest BCUT2D eigenvalue weighted by Gasteiger charge is -2.41. The molecule has 0 aromatic rings. The van der Waals surface area contributed by atoms with Gasteiger partial charge in [-0.15, -0.1) is 0 Å². The predicted octanol–water partition coefficient (Wildman–Crippen LogP) is 4.03. The number of aliphatic hydroxyl groups is 1. The van der Waals surface area contributed by atoms with Crippen LogP contribution in [0.25, 0.3) is 0 Å². The summed E-state index contributed by atoms with van der Waals surface area (Å²) in [5, 5.41) is 10.0. The van der Waals surface area contributed by atoms with Crippen molar-refractivity contribution in [1.29, 1.82) is 0 Å². The molecule has 0 radical (unpaired) electrons. The first-order chi connectivity index (χ1) is 9.22. The zero-order chi connectivity index (χ0) is 17.1. The molecule has 0 aromatic carbocycles. The molecule has 128 valence electrons. The first kappa shape index (κ1) is 21.3. The van der Waals surface area contributed by atoms with Crippen LogP contribution < -0.4 is 0 Å². The lowest BCUT2D eigenvalue weighted by Crippen LogP contribution is -2.47. The minimum Gasteiger partial charge on any atom is -0.417 e. The van der Waals surface area contributed by atoms with Gasteiger partial charge in [0.2, 0.25) is 0 Å². The van der Waals surface area contributed by atoms with Crippen LogP contribution >= 0.6 is 0 Å². The van der Waals surface area contributed by atoms with Gasteiger partial charge in [-0.05, 0) is 36.6 Å². The van der Waals surface area contributed by atoms with E-state index in [1.54, 1.807) is 0 Å². The fraction of sp³-hybridized carbons (Fsp3) is 1.00. The van der Waals surface area contributed by atoms with Crippen molar-refractivity contribution in [3.63, 3.8) is 0 Å². The van der Waals surface area contributed by atoms with Gasteiger partial charge in [-0.1, -0.05) is 41.5 Å². The Hall–Kier alpha value is 0.314. The van der Waals surface area contributed by atoms with Crippen LogP contribution in [0.1, 0.15) is 41.5 Å². The average molecular weight is 335 g/mol. The van der Waals surface area contributed by atoms with Crippen molar-refractivity contribution in [3.05, 3.63) is 0 Å². The first-order valence-electron chi connectivity index (χ1n) is 8.12. The highest BCUT2D eigenvalue weighted by Gasteiger charge is 2.40. The standard InChI is InChI=1S/C16H38O3Si2/c1-15(2,3)14(19-20(7)8)13(11-17)12-18-21(9,10)16(4,5)6/h13-14,17,20H,11-12H2,1-10H3. The molecule has 0 bridgehead atoms. The first-order valence-corrected chi connectivity index (χ1v) is 13.8. The third-order valence-electron chi connectivity index (χ3n) is 4.40. The number of hydrogen-bond acceptors (Lipinski definition) is 3. The molecule has 0 fully saturated rings. The van der Waals surface area contributed by atoms with Gasteiger partial charge < -0.3 is 14.0 Å². The van der Waals surface area contributed by atoms with Gasteiger partial charge in [-0.25, -0.2) is 0 Å². The van der Waals surface area contributed by atoms with Crippen LogP contribution in [-0.4, -0.2) is 41.8 Å². The molecular weight excluding hydrogens is 296 g/mol. The minimum absolute atomic E-state index is 0.0153. The fourth-order valence-corrected chi connectivity index (χ4v) is 4.36. The Morgan fingerprint density at radius 3 is 1.81 bits per heavy atom. The quantitative estimate of drug-likeness (QED) is 0.714. The van der Waals surface area contributed by atoms with E-state index in [0.717, 1.165) is 0 Å². The van der Waals surface area contributed by atoms with E-state index in [-0.39, 0.29) is 29.1 Å². The molecule has 2 atom stereocenters.